The van der Waals surface area contributed by atoms with Crippen molar-refractivity contribution >= 4 is 17.2 Å². The maximum Gasteiger partial charge on any atom is 0.338 e. The molecule has 2 fully saturated rings. The van der Waals surface area contributed by atoms with Gasteiger partial charge in [0.1, 0.15) is 5.52 Å². The van der Waals surface area contributed by atoms with Crippen LogP contribution in [0.25, 0.3) is 11.2 Å². The van der Waals surface area contributed by atoms with Crippen LogP contribution in [0.5, 0.6) is 6.01 Å². The number of aromatic nitrogens is 4. The fraction of sp³-hybridized carbons (Fsp3) is 0.625. The Labute approximate surface area is 144 Å². The lowest BCUT2D eigenvalue weighted by molar-refractivity contribution is -0.0391. The first-order valence-electron chi connectivity index (χ1n) is 8.56. The van der Waals surface area contributed by atoms with Gasteiger partial charge in [-0.25, -0.2) is 19.1 Å². The van der Waals surface area contributed by atoms with Gasteiger partial charge in [-0.2, -0.15) is 4.98 Å². The van der Waals surface area contributed by atoms with Crippen LogP contribution in [0.15, 0.2) is 11.0 Å². The first-order chi connectivity index (χ1) is 12.1. The molecule has 2 aromatic rings. The highest BCUT2D eigenvalue weighted by molar-refractivity contribution is 5.88. The number of likely N-dealkylation sites (tertiary alicyclic amines) is 1. The SMILES string of the molecule is CCOc1ncc2c(n1)n(C)c(=O)n2C(=O)N1CC(OCC2CC2)C1. The summed E-state index contributed by atoms with van der Waals surface area (Å²) in [5.41, 5.74) is 0.312. The topological polar surface area (TPSA) is 91.5 Å². The van der Waals surface area contributed by atoms with E-state index in [4.69, 9.17) is 9.47 Å². The van der Waals surface area contributed by atoms with E-state index in [1.54, 1.807) is 11.9 Å². The van der Waals surface area contributed by atoms with Crippen LogP contribution in [0.1, 0.15) is 19.8 Å². The van der Waals surface area contributed by atoms with Gasteiger partial charge in [0, 0.05) is 13.7 Å². The van der Waals surface area contributed by atoms with Crippen LogP contribution in [0.2, 0.25) is 0 Å². The maximum atomic E-state index is 12.7. The fourth-order valence-corrected chi connectivity index (χ4v) is 2.88. The summed E-state index contributed by atoms with van der Waals surface area (Å²) in [4.78, 5) is 35.1. The quantitative estimate of drug-likeness (QED) is 0.787. The van der Waals surface area contributed by atoms with Crippen LogP contribution in [-0.4, -0.2) is 62.4 Å². The molecule has 4 rings (SSSR count). The van der Waals surface area contributed by atoms with Crippen molar-refractivity contribution in [3.05, 3.63) is 16.7 Å². The third-order valence-corrected chi connectivity index (χ3v) is 4.61. The van der Waals surface area contributed by atoms with Crippen LogP contribution < -0.4 is 10.4 Å². The van der Waals surface area contributed by atoms with Gasteiger partial charge < -0.3 is 14.4 Å². The van der Waals surface area contributed by atoms with E-state index in [1.807, 2.05) is 6.92 Å². The Morgan fingerprint density at radius 2 is 2.12 bits per heavy atom. The molecule has 1 amide bonds. The van der Waals surface area contributed by atoms with Gasteiger partial charge in [0.15, 0.2) is 5.65 Å². The van der Waals surface area contributed by atoms with Crippen LogP contribution in [0.4, 0.5) is 4.79 Å². The summed E-state index contributed by atoms with van der Waals surface area (Å²) in [6, 6.07) is -0.178. The molecule has 3 heterocycles. The van der Waals surface area contributed by atoms with Gasteiger partial charge >= 0.3 is 17.7 Å². The zero-order valence-electron chi connectivity index (χ0n) is 14.3. The summed E-state index contributed by atoms with van der Waals surface area (Å²) in [6.07, 6.45) is 4.00. The number of amides is 1. The standard InChI is InChI=1S/C16H21N5O4/c1-3-24-14-17-6-12-13(18-14)19(2)15(22)21(12)16(23)20-7-11(8-20)25-9-10-4-5-10/h6,10-11H,3-5,7-9H2,1-2H3. The lowest BCUT2D eigenvalue weighted by Crippen LogP contribution is -2.57. The van der Waals surface area contributed by atoms with Gasteiger partial charge in [0.05, 0.1) is 32.0 Å². The lowest BCUT2D eigenvalue weighted by Gasteiger charge is -2.38. The predicted octanol–water partition coefficient (Wildman–Crippen LogP) is 0.608. The van der Waals surface area contributed by atoms with Crippen molar-refractivity contribution in [1.82, 2.24) is 24.0 Å². The van der Waals surface area contributed by atoms with Crippen molar-refractivity contribution in [2.75, 3.05) is 26.3 Å². The van der Waals surface area contributed by atoms with Gasteiger partial charge in [-0.15, -0.1) is 0 Å². The zero-order chi connectivity index (χ0) is 17.6. The molecular weight excluding hydrogens is 326 g/mol. The van der Waals surface area contributed by atoms with Crippen LogP contribution in [0.3, 0.4) is 0 Å². The number of rotatable bonds is 5. The number of hydrogen-bond donors (Lipinski definition) is 0. The second kappa shape index (κ2) is 6.14. The molecule has 0 N–H and O–H groups in total. The minimum absolute atomic E-state index is 0.0658. The molecule has 0 unspecified atom stereocenters. The van der Waals surface area contributed by atoms with E-state index in [2.05, 4.69) is 9.97 Å². The molecule has 9 nitrogen and oxygen atoms in total. The van der Waals surface area contributed by atoms with Crippen molar-refractivity contribution in [2.45, 2.75) is 25.9 Å². The van der Waals surface area contributed by atoms with E-state index in [9.17, 15) is 9.59 Å². The van der Waals surface area contributed by atoms with Crippen molar-refractivity contribution in [3.8, 4) is 6.01 Å². The van der Waals surface area contributed by atoms with E-state index < -0.39 is 5.69 Å². The second-order valence-electron chi connectivity index (χ2n) is 6.56. The van der Waals surface area contributed by atoms with E-state index in [0.717, 1.165) is 11.2 Å². The van der Waals surface area contributed by atoms with Gasteiger partial charge in [-0.1, -0.05) is 0 Å². The maximum absolute atomic E-state index is 12.7. The number of fused-ring (bicyclic) bond motifs is 1. The van der Waals surface area contributed by atoms with Crippen LogP contribution in [-0.2, 0) is 11.8 Å². The van der Waals surface area contributed by atoms with Gasteiger partial charge in [0.2, 0.25) is 0 Å². The summed E-state index contributed by atoms with van der Waals surface area (Å²) in [6.45, 7) is 4.04. The Kier molecular flexibility index (Phi) is 3.95. The monoisotopic (exact) mass is 347 g/mol. The average molecular weight is 347 g/mol. The largest absolute Gasteiger partial charge is 0.464 e. The van der Waals surface area contributed by atoms with Crippen LogP contribution in [0, 0.1) is 5.92 Å². The van der Waals surface area contributed by atoms with Crippen molar-refractivity contribution in [2.24, 2.45) is 13.0 Å². The molecule has 9 heteroatoms. The molecule has 25 heavy (non-hydrogen) atoms. The molecule has 0 atom stereocenters. The predicted molar refractivity (Wildman–Crippen MR) is 88.8 cm³/mol. The highest BCUT2D eigenvalue weighted by atomic mass is 16.5. The Bertz CT molecular complexity index is 863. The highest BCUT2D eigenvalue weighted by Crippen LogP contribution is 2.30. The summed E-state index contributed by atoms with van der Waals surface area (Å²) in [7, 11) is 1.58. The van der Waals surface area contributed by atoms with E-state index >= 15 is 0 Å². The third-order valence-electron chi connectivity index (χ3n) is 4.61. The Morgan fingerprint density at radius 3 is 2.80 bits per heavy atom. The van der Waals surface area contributed by atoms with Crippen LogP contribution >= 0.6 is 0 Å². The number of carbonyl (C=O) groups excluding carboxylic acids is 1. The fourth-order valence-electron chi connectivity index (χ4n) is 2.88. The molecule has 2 aromatic heterocycles. The number of carbonyl (C=O) groups is 1. The van der Waals surface area contributed by atoms with E-state index in [1.165, 1.54) is 23.6 Å². The van der Waals surface area contributed by atoms with Crippen molar-refractivity contribution < 1.29 is 14.3 Å². The summed E-state index contributed by atoms with van der Waals surface area (Å²) >= 11 is 0. The van der Waals surface area contributed by atoms with E-state index in [-0.39, 0.29) is 18.1 Å². The third kappa shape index (κ3) is 2.88. The number of hydrogen-bond acceptors (Lipinski definition) is 6. The molecule has 0 bridgehead atoms. The van der Waals surface area contributed by atoms with Gasteiger partial charge in [-0.3, -0.25) is 4.57 Å². The molecule has 0 spiro atoms. The second-order valence-corrected chi connectivity index (χ2v) is 6.56. The average Bonchev–Trinajstić information content (AvgIpc) is 3.34. The number of imidazole rings is 1. The van der Waals surface area contributed by atoms with Gasteiger partial charge in [0.25, 0.3) is 0 Å². The number of ether oxygens (including phenoxy) is 2. The Hall–Kier alpha value is -2.42. The Morgan fingerprint density at radius 1 is 1.36 bits per heavy atom. The molecule has 134 valence electrons. The molecule has 1 saturated carbocycles. The molecule has 0 aromatic carbocycles. The molecule has 1 saturated heterocycles. The van der Waals surface area contributed by atoms with Crippen molar-refractivity contribution in [1.29, 1.82) is 0 Å². The number of nitrogens with zero attached hydrogens (tertiary/aromatic N) is 5. The molecular formula is C16H21N5O4. The minimum Gasteiger partial charge on any atom is -0.464 e. The molecule has 0 radical (unpaired) electrons. The first kappa shape index (κ1) is 16.1. The first-order valence-corrected chi connectivity index (χ1v) is 8.56. The summed E-state index contributed by atoms with van der Waals surface area (Å²) in [5.74, 6) is 0.696. The van der Waals surface area contributed by atoms with E-state index in [0.29, 0.717) is 36.8 Å². The number of aryl methyl sites for hydroxylation is 1. The smallest absolute Gasteiger partial charge is 0.338 e. The minimum atomic E-state index is -0.440. The summed E-state index contributed by atoms with van der Waals surface area (Å²) in [5, 5.41) is 0. The van der Waals surface area contributed by atoms with Crippen molar-refractivity contribution in [3.63, 3.8) is 0 Å². The van der Waals surface area contributed by atoms with Gasteiger partial charge in [-0.05, 0) is 25.7 Å². The zero-order valence-corrected chi connectivity index (χ0v) is 14.3. The molecule has 1 aliphatic carbocycles. The Balaban J connectivity index is 1.53. The molecule has 1 aliphatic heterocycles. The summed E-state index contributed by atoms with van der Waals surface area (Å²) < 4.78 is 13.5. The lowest BCUT2D eigenvalue weighted by atomic mass is 10.2. The normalized spacial score (nSPS) is 17.8. The highest BCUT2D eigenvalue weighted by Gasteiger charge is 2.35. The molecule has 2 aliphatic rings.